The van der Waals surface area contributed by atoms with Crippen molar-refractivity contribution in [3.8, 4) is 0 Å². The minimum atomic E-state index is -0.479. The Kier molecular flexibility index (Phi) is 4.46. The number of amides is 4. The highest BCUT2D eigenvalue weighted by Gasteiger charge is 2.51. The third kappa shape index (κ3) is 3.27. The van der Waals surface area contributed by atoms with E-state index in [1.807, 2.05) is 6.26 Å². The molecule has 0 aromatic rings. The Balaban J connectivity index is 1.36. The first-order valence-corrected chi connectivity index (χ1v) is 10.8. The maximum absolute atomic E-state index is 12.6. The average molecular weight is 365 g/mol. The Bertz CT molecular complexity index is 559. The zero-order chi connectivity index (χ0) is 17.6. The quantitative estimate of drug-likeness (QED) is 0.703. The monoisotopic (exact) mass is 365 g/mol. The Morgan fingerprint density at radius 2 is 1.80 bits per heavy atom. The van der Waals surface area contributed by atoms with Gasteiger partial charge < -0.3 is 10.6 Å². The molecule has 0 aromatic carbocycles. The molecular formula is C18H27N3O3S. The average Bonchev–Trinajstić information content (AvgIpc) is 2.78. The number of hydrogen-bond donors (Lipinski definition) is 2. The van der Waals surface area contributed by atoms with E-state index >= 15 is 0 Å². The second-order valence-electron chi connectivity index (χ2n) is 8.45. The van der Waals surface area contributed by atoms with Crippen molar-refractivity contribution in [1.82, 2.24) is 15.5 Å². The summed E-state index contributed by atoms with van der Waals surface area (Å²) in [6.45, 7) is -0.151. The van der Waals surface area contributed by atoms with Crippen LogP contribution < -0.4 is 10.6 Å². The molecule has 6 nitrogen and oxygen atoms in total. The maximum Gasteiger partial charge on any atom is 0.325 e. The summed E-state index contributed by atoms with van der Waals surface area (Å²) in [7, 11) is 0. The van der Waals surface area contributed by atoms with Crippen molar-refractivity contribution in [3.63, 3.8) is 0 Å². The standard InChI is InChI=1S/C18H27N3O3S/c1-25-3-2-14-16(23)21(17(24)19-14)10-15(22)20-18-7-11-4-12(8-18)6-13(5-11)9-18/h11-14H,2-10H2,1H3,(H,19,24)(H,20,22)/t11?,12?,13?,14-,18?/m1/s1. The van der Waals surface area contributed by atoms with Crippen LogP contribution in [0.2, 0.25) is 0 Å². The molecule has 138 valence electrons. The Labute approximate surface area is 152 Å². The predicted octanol–water partition coefficient (Wildman–Crippen LogP) is 1.74. The molecule has 0 radical (unpaired) electrons. The lowest BCUT2D eigenvalue weighted by atomic mass is 9.53. The van der Waals surface area contributed by atoms with Gasteiger partial charge in [0, 0.05) is 5.54 Å². The van der Waals surface area contributed by atoms with Crippen molar-refractivity contribution in [2.24, 2.45) is 17.8 Å². The minimum Gasteiger partial charge on any atom is -0.349 e. The molecular weight excluding hydrogens is 338 g/mol. The van der Waals surface area contributed by atoms with E-state index in [9.17, 15) is 14.4 Å². The fourth-order valence-electron chi connectivity index (χ4n) is 5.90. The highest BCUT2D eigenvalue weighted by atomic mass is 32.2. The van der Waals surface area contributed by atoms with Gasteiger partial charge >= 0.3 is 6.03 Å². The first-order valence-electron chi connectivity index (χ1n) is 9.40. The molecule has 4 aliphatic carbocycles. The molecule has 5 fully saturated rings. The van der Waals surface area contributed by atoms with E-state index in [2.05, 4.69) is 10.6 Å². The molecule has 0 unspecified atom stereocenters. The first-order chi connectivity index (χ1) is 12.0. The summed E-state index contributed by atoms with van der Waals surface area (Å²) in [5.41, 5.74) is -0.0800. The van der Waals surface area contributed by atoms with E-state index < -0.39 is 12.1 Å². The molecule has 0 aromatic heterocycles. The largest absolute Gasteiger partial charge is 0.349 e. The zero-order valence-corrected chi connectivity index (χ0v) is 15.6. The van der Waals surface area contributed by atoms with Crippen LogP contribution in [0.1, 0.15) is 44.9 Å². The SMILES string of the molecule is CSCC[C@H]1NC(=O)N(CC(=O)NC23CC4CC(CC(C4)C2)C3)C1=O. The Hall–Kier alpha value is -1.24. The van der Waals surface area contributed by atoms with Crippen LogP contribution in [0, 0.1) is 17.8 Å². The summed E-state index contributed by atoms with van der Waals surface area (Å²) < 4.78 is 0. The van der Waals surface area contributed by atoms with Gasteiger partial charge in [-0.25, -0.2) is 4.79 Å². The summed E-state index contributed by atoms with van der Waals surface area (Å²) in [4.78, 5) is 38.1. The van der Waals surface area contributed by atoms with Gasteiger partial charge in [0.2, 0.25) is 5.91 Å². The molecule has 4 saturated carbocycles. The van der Waals surface area contributed by atoms with Gasteiger partial charge in [-0.05, 0) is 74.7 Å². The number of carbonyl (C=O) groups excluding carboxylic acids is 3. The summed E-state index contributed by atoms with van der Waals surface area (Å²) in [5, 5.41) is 5.93. The van der Waals surface area contributed by atoms with Crippen molar-refractivity contribution in [3.05, 3.63) is 0 Å². The van der Waals surface area contributed by atoms with E-state index in [4.69, 9.17) is 0 Å². The lowest BCUT2D eigenvalue weighted by Gasteiger charge is -2.56. The number of nitrogens with zero attached hydrogens (tertiary/aromatic N) is 1. The third-order valence-electron chi connectivity index (χ3n) is 6.46. The topological polar surface area (TPSA) is 78.5 Å². The van der Waals surface area contributed by atoms with Gasteiger partial charge in [-0.1, -0.05) is 0 Å². The van der Waals surface area contributed by atoms with Gasteiger partial charge in [0.1, 0.15) is 12.6 Å². The van der Waals surface area contributed by atoms with Crippen LogP contribution in [0.4, 0.5) is 4.79 Å². The highest BCUT2D eigenvalue weighted by Crippen LogP contribution is 2.55. The van der Waals surface area contributed by atoms with Crippen LogP contribution in [-0.2, 0) is 9.59 Å². The van der Waals surface area contributed by atoms with Crippen LogP contribution in [0.5, 0.6) is 0 Å². The minimum absolute atomic E-state index is 0.0800. The van der Waals surface area contributed by atoms with Gasteiger partial charge in [0.15, 0.2) is 0 Å². The lowest BCUT2D eigenvalue weighted by molar-refractivity contribution is -0.134. The molecule has 7 heteroatoms. The van der Waals surface area contributed by atoms with Crippen LogP contribution >= 0.6 is 11.8 Å². The Morgan fingerprint density at radius 3 is 2.36 bits per heavy atom. The van der Waals surface area contributed by atoms with Crippen molar-refractivity contribution < 1.29 is 14.4 Å². The van der Waals surface area contributed by atoms with E-state index in [1.165, 1.54) is 19.3 Å². The fourth-order valence-corrected chi connectivity index (χ4v) is 6.37. The van der Waals surface area contributed by atoms with E-state index in [1.54, 1.807) is 11.8 Å². The van der Waals surface area contributed by atoms with Crippen molar-refractivity contribution in [1.29, 1.82) is 0 Å². The van der Waals surface area contributed by atoms with Crippen molar-refractivity contribution >= 4 is 29.6 Å². The van der Waals surface area contributed by atoms with Gasteiger partial charge in [-0.15, -0.1) is 0 Å². The molecule has 5 aliphatic rings. The van der Waals surface area contributed by atoms with Crippen LogP contribution in [0.15, 0.2) is 0 Å². The van der Waals surface area contributed by atoms with Gasteiger partial charge in [-0.3, -0.25) is 14.5 Å². The molecule has 2 N–H and O–H groups in total. The van der Waals surface area contributed by atoms with Crippen molar-refractivity contribution in [2.45, 2.75) is 56.5 Å². The third-order valence-corrected chi connectivity index (χ3v) is 7.11. The molecule has 0 spiro atoms. The molecule has 4 bridgehead atoms. The van der Waals surface area contributed by atoms with E-state index in [0.717, 1.165) is 47.7 Å². The van der Waals surface area contributed by atoms with Crippen LogP contribution in [0.3, 0.4) is 0 Å². The molecule has 1 aliphatic heterocycles. The molecule has 1 heterocycles. The molecule has 4 amide bonds. The maximum atomic E-state index is 12.6. The van der Waals surface area contributed by atoms with Crippen LogP contribution in [-0.4, -0.2) is 52.9 Å². The number of imide groups is 1. The second-order valence-corrected chi connectivity index (χ2v) is 9.44. The summed E-state index contributed by atoms with van der Waals surface area (Å²) in [6.07, 6.45) is 9.75. The smallest absolute Gasteiger partial charge is 0.325 e. The summed E-state index contributed by atoms with van der Waals surface area (Å²) in [6, 6.07) is -0.913. The summed E-state index contributed by atoms with van der Waals surface area (Å²) in [5.74, 6) is 2.61. The van der Waals surface area contributed by atoms with Gasteiger partial charge in [0.05, 0.1) is 0 Å². The van der Waals surface area contributed by atoms with Crippen molar-refractivity contribution in [2.75, 3.05) is 18.6 Å². The Morgan fingerprint density at radius 1 is 1.20 bits per heavy atom. The zero-order valence-electron chi connectivity index (χ0n) is 14.8. The number of thioether (sulfide) groups is 1. The molecule has 5 rings (SSSR count). The lowest BCUT2D eigenvalue weighted by Crippen LogP contribution is -2.61. The number of rotatable bonds is 6. The van der Waals surface area contributed by atoms with Gasteiger partial charge in [-0.2, -0.15) is 11.8 Å². The highest BCUT2D eigenvalue weighted by molar-refractivity contribution is 7.98. The second kappa shape index (κ2) is 6.49. The number of hydrogen-bond acceptors (Lipinski definition) is 4. The van der Waals surface area contributed by atoms with E-state index in [-0.39, 0.29) is 23.9 Å². The fraction of sp³-hybridized carbons (Fsp3) is 0.833. The molecule has 1 saturated heterocycles. The number of carbonyl (C=O) groups is 3. The normalized spacial score (nSPS) is 39.0. The molecule has 1 atom stereocenters. The summed E-state index contributed by atoms with van der Waals surface area (Å²) >= 11 is 1.64. The number of urea groups is 1. The van der Waals surface area contributed by atoms with Gasteiger partial charge in [0.25, 0.3) is 5.91 Å². The number of nitrogens with one attached hydrogen (secondary N) is 2. The predicted molar refractivity (Wildman–Crippen MR) is 96.1 cm³/mol. The van der Waals surface area contributed by atoms with Crippen LogP contribution in [0.25, 0.3) is 0 Å². The van der Waals surface area contributed by atoms with E-state index in [0.29, 0.717) is 6.42 Å². The first kappa shape index (κ1) is 17.2. The molecule has 25 heavy (non-hydrogen) atoms.